The third kappa shape index (κ3) is 2.62. The van der Waals surface area contributed by atoms with E-state index in [4.69, 9.17) is 0 Å². The average Bonchev–Trinajstić information content (AvgIpc) is 2.75. The lowest BCUT2D eigenvalue weighted by molar-refractivity contribution is 0.0774. The van der Waals surface area contributed by atoms with Crippen molar-refractivity contribution in [1.82, 2.24) is 14.5 Å². The van der Waals surface area contributed by atoms with Gasteiger partial charge in [-0.05, 0) is 27.4 Å². The number of rotatable bonds is 3. The van der Waals surface area contributed by atoms with Crippen LogP contribution in [0, 0.1) is 0 Å². The first kappa shape index (κ1) is 14.0. The summed E-state index contributed by atoms with van der Waals surface area (Å²) in [5.41, 5.74) is 0. The van der Waals surface area contributed by atoms with E-state index in [9.17, 15) is 8.42 Å². The SMILES string of the molecule is O=S(=O)(c1sccc1Br)N1CC(N2CCNCC2)C1. The minimum atomic E-state index is -3.30. The molecule has 1 aromatic heterocycles. The monoisotopic (exact) mass is 365 g/mol. The zero-order valence-corrected chi connectivity index (χ0v) is 13.6. The summed E-state index contributed by atoms with van der Waals surface area (Å²) >= 11 is 4.57. The van der Waals surface area contributed by atoms with Crippen molar-refractivity contribution >= 4 is 37.3 Å². The van der Waals surface area contributed by atoms with Gasteiger partial charge in [-0.15, -0.1) is 11.3 Å². The maximum Gasteiger partial charge on any atom is 0.253 e. The molecule has 2 fully saturated rings. The van der Waals surface area contributed by atoms with Crippen molar-refractivity contribution in [3.05, 3.63) is 15.9 Å². The summed E-state index contributed by atoms with van der Waals surface area (Å²) in [6.07, 6.45) is 0. The van der Waals surface area contributed by atoms with Gasteiger partial charge in [0.15, 0.2) is 0 Å². The molecule has 2 aliphatic rings. The quantitative estimate of drug-likeness (QED) is 0.860. The van der Waals surface area contributed by atoms with Gasteiger partial charge in [-0.2, -0.15) is 4.31 Å². The summed E-state index contributed by atoms with van der Waals surface area (Å²) < 4.78 is 27.5. The van der Waals surface area contributed by atoms with E-state index < -0.39 is 10.0 Å². The van der Waals surface area contributed by atoms with Crippen molar-refractivity contribution in [2.75, 3.05) is 39.3 Å². The molecule has 3 rings (SSSR count). The Morgan fingerprint density at radius 3 is 2.58 bits per heavy atom. The number of nitrogens with zero attached hydrogens (tertiary/aromatic N) is 2. The molecule has 8 heteroatoms. The maximum absolute atomic E-state index is 12.4. The molecule has 0 aromatic carbocycles. The molecule has 5 nitrogen and oxygen atoms in total. The molecule has 1 aromatic rings. The molecular weight excluding hydrogens is 350 g/mol. The number of piperazine rings is 1. The summed E-state index contributed by atoms with van der Waals surface area (Å²) in [4.78, 5) is 2.38. The van der Waals surface area contributed by atoms with Crippen molar-refractivity contribution in [1.29, 1.82) is 0 Å². The second-order valence-corrected chi connectivity index (χ2v) is 8.72. The molecule has 2 aliphatic heterocycles. The van der Waals surface area contributed by atoms with Gasteiger partial charge in [-0.3, -0.25) is 4.90 Å². The summed E-state index contributed by atoms with van der Waals surface area (Å²) in [7, 11) is -3.30. The van der Waals surface area contributed by atoms with Gasteiger partial charge in [0.2, 0.25) is 0 Å². The fraction of sp³-hybridized carbons (Fsp3) is 0.636. The predicted octanol–water partition coefficient (Wildman–Crippen LogP) is 0.789. The highest BCUT2D eigenvalue weighted by atomic mass is 79.9. The van der Waals surface area contributed by atoms with Crippen molar-refractivity contribution in [2.24, 2.45) is 0 Å². The summed E-state index contributed by atoms with van der Waals surface area (Å²) in [5.74, 6) is 0. The molecule has 3 heterocycles. The highest BCUT2D eigenvalue weighted by molar-refractivity contribution is 9.10. The lowest BCUT2D eigenvalue weighted by Gasteiger charge is -2.45. The molecular formula is C11H16BrN3O2S2. The van der Waals surface area contributed by atoms with Crippen LogP contribution in [0.4, 0.5) is 0 Å². The first-order valence-electron chi connectivity index (χ1n) is 6.27. The minimum absolute atomic E-state index is 0.385. The van der Waals surface area contributed by atoms with Crippen LogP contribution in [0.2, 0.25) is 0 Å². The van der Waals surface area contributed by atoms with Crippen LogP contribution < -0.4 is 5.32 Å². The van der Waals surface area contributed by atoms with Gasteiger partial charge in [-0.25, -0.2) is 8.42 Å². The Bertz CT molecular complexity index is 548. The lowest BCUT2D eigenvalue weighted by atomic mass is 10.1. The van der Waals surface area contributed by atoms with E-state index in [1.54, 1.807) is 15.8 Å². The molecule has 0 saturated carbocycles. The molecule has 106 valence electrons. The minimum Gasteiger partial charge on any atom is -0.314 e. The Morgan fingerprint density at radius 1 is 1.32 bits per heavy atom. The van der Waals surface area contributed by atoms with Gasteiger partial charge in [0.05, 0.1) is 0 Å². The van der Waals surface area contributed by atoms with Gasteiger partial charge in [0.1, 0.15) is 4.21 Å². The van der Waals surface area contributed by atoms with Crippen LogP contribution in [0.25, 0.3) is 0 Å². The maximum atomic E-state index is 12.4. The molecule has 0 amide bonds. The number of thiophene rings is 1. The molecule has 0 aliphatic carbocycles. The van der Waals surface area contributed by atoms with Crippen LogP contribution in [-0.4, -0.2) is 62.9 Å². The smallest absolute Gasteiger partial charge is 0.253 e. The molecule has 0 bridgehead atoms. The van der Waals surface area contributed by atoms with Crippen LogP contribution in [-0.2, 0) is 10.0 Å². The van der Waals surface area contributed by atoms with E-state index in [0.717, 1.165) is 26.2 Å². The van der Waals surface area contributed by atoms with Crippen molar-refractivity contribution in [3.63, 3.8) is 0 Å². The Balaban J connectivity index is 1.65. The molecule has 19 heavy (non-hydrogen) atoms. The fourth-order valence-corrected chi connectivity index (χ4v) is 6.44. The van der Waals surface area contributed by atoms with Crippen LogP contribution in [0.1, 0.15) is 0 Å². The van der Waals surface area contributed by atoms with Crippen LogP contribution >= 0.6 is 27.3 Å². The third-order valence-corrected chi connectivity index (χ3v) is 8.13. The number of hydrogen-bond donors (Lipinski definition) is 1. The topological polar surface area (TPSA) is 52.7 Å². The fourth-order valence-electron chi connectivity index (χ4n) is 2.47. The van der Waals surface area contributed by atoms with Gasteiger partial charge in [0.25, 0.3) is 10.0 Å². The van der Waals surface area contributed by atoms with Gasteiger partial charge in [0, 0.05) is 49.8 Å². The first-order valence-corrected chi connectivity index (χ1v) is 9.38. The standard InChI is InChI=1S/C11H16BrN3O2S2/c12-10-1-6-18-11(10)19(16,17)15-7-9(8-15)14-4-2-13-3-5-14/h1,6,9,13H,2-5,7-8H2. The first-order chi connectivity index (χ1) is 9.09. The van der Waals surface area contributed by atoms with Gasteiger partial charge in [-0.1, -0.05) is 0 Å². The zero-order chi connectivity index (χ0) is 13.5. The number of sulfonamides is 1. The second kappa shape index (κ2) is 5.42. The third-order valence-electron chi connectivity index (χ3n) is 3.66. The summed E-state index contributed by atoms with van der Waals surface area (Å²) in [6.45, 7) is 5.27. The van der Waals surface area contributed by atoms with Crippen molar-refractivity contribution in [2.45, 2.75) is 10.3 Å². The van der Waals surface area contributed by atoms with Crippen molar-refractivity contribution < 1.29 is 8.42 Å². The van der Waals surface area contributed by atoms with E-state index in [-0.39, 0.29) is 0 Å². The molecule has 0 atom stereocenters. The number of halogens is 1. The Kier molecular flexibility index (Phi) is 3.98. The van der Waals surface area contributed by atoms with E-state index in [0.29, 0.717) is 27.8 Å². The Labute approximate surface area is 125 Å². The second-order valence-electron chi connectivity index (χ2n) is 4.82. The zero-order valence-electron chi connectivity index (χ0n) is 10.4. The number of nitrogens with one attached hydrogen (secondary N) is 1. The number of hydrogen-bond acceptors (Lipinski definition) is 5. The predicted molar refractivity (Wildman–Crippen MR) is 79.0 cm³/mol. The van der Waals surface area contributed by atoms with E-state index >= 15 is 0 Å². The van der Waals surface area contributed by atoms with Crippen LogP contribution in [0.15, 0.2) is 20.1 Å². The molecule has 0 spiro atoms. The highest BCUT2D eigenvalue weighted by Crippen LogP contribution is 2.33. The van der Waals surface area contributed by atoms with Crippen LogP contribution in [0.5, 0.6) is 0 Å². The highest BCUT2D eigenvalue weighted by Gasteiger charge is 2.40. The lowest BCUT2D eigenvalue weighted by Crippen LogP contribution is -2.63. The Morgan fingerprint density at radius 2 is 2.00 bits per heavy atom. The van der Waals surface area contributed by atoms with E-state index in [1.165, 1.54) is 11.3 Å². The normalized spacial score (nSPS) is 23.4. The Hall–Kier alpha value is 0.01000. The van der Waals surface area contributed by atoms with Crippen molar-refractivity contribution in [3.8, 4) is 0 Å². The summed E-state index contributed by atoms with van der Waals surface area (Å²) in [5, 5.41) is 5.11. The molecule has 1 N–H and O–H groups in total. The largest absolute Gasteiger partial charge is 0.314 e. The van der Waals surface area contributed by atoms with Gasteiger partial charge < -0.3 is 5.32 Å². The molecule has 0 radical (unpaired) electrons. The summed E-state index contributed by atoms with van der Waals surface area (Å²) in [6, 6.07) is 2.17. The average molecular weight is 366 g/mol. The molecule has 0 unspecified atom stereocenters. The van der Waals surface area contributed by atoms with E-state index in [2.05, 4.69) is 26.1 Å². The van der Waals surface area contributed by atoms with Crippen LogP contribution in [0.3, 0.4) is 0 Å². The molecule has 2 saturated heterocycles. The van der Waals surface area contributed by atoms with E-state index in [1.807, 2.05) is 0 Å². The van der Waals surface area contributed by atoms with Gasteiger partial charge >= 0.3 is 0 Å².